The number of hydrogen-bond acceptors (Lipinski definition) is 4. The summed E-state index contributed by atoms with van der Waals surface area (Å²) in [5.41, 5.74) is 1.85. The van der Waals surface area contributed by atoms with Crippen LogP contribution >= 0.6 is 0 Å². The van der Waals surface area contributed by atoms with Gasteiger partial charge in [0.05, 0.1) is 12.1 Å². The first-order chi connectivity index (χ1) is 11.9. The number of rotatable bonds is 7. The highest BCUT2D eigenvalue weighted by Gasteiger charge is 2.19. The predicted octanol–water partition coefficient (Wildman–Crippen LogP) is 2.76. The van der Waals surface area contributed by atoms with Gasteiger partial charge in [-0.2, -0.15) is 0 Å². The highest BCUT2D eigenvalue weighted by atomic mass is 16.6. The Kier molecular flexibility index (Phi) is 5.84. The summed E-state index contributed by atoms with van der Waals surface area (Å²) in [4.78, 5) is 35.1. The summed E-state index contributed by atoms with van der Waals surface area (Å²) in [7, 11) is 0. The Labute approximate surface area is 144 Å². The van der Waals surface area contributed by atoms with Crippen molar-refractivity contribution in [2.45, 2.75) is 19.9 Å². The molecule has 0 fully saturated rings. The first-order valence-electron chi connectivity index (χ1n) is 7.68. The number of aromatic carboxylic acids is 1. The van der Waals surface area contributed by atoms with Gasteiger partial charge in [-0.05, 0) is 23.3 Å². The summed E-state index contributed by atoms with van der Waals surface area (Å²) in [5, 5.41) is 19.9. The van der Waals surface area contributed by atoms with E-state index >= 15 is 0 Å². The molecule has 0 aliphatic rings. The molecule has 0 unspecified atom stereocenters. The van der Waals surface area contributed by atoms with Crippen LogP contribution in [-0.4, -0.2) is 28.5 Å². The Balaban J connectivity index is 2.45. The van der Waals surface area contributed by atoms with Crippen LogP contribution in [0.2, 0.25) is 0 Å². The second-order valence-corrected chi connectivity index (χ2v) is 5.55. The van der Waals surface area contributed by atoms with Crippen LogP contribution in [0.3, 0.4) is 0 Å². The largest absolute Gasteiger partial charge is 0.478 e. The fourth-order valence-electron chi connectivity index (χ4n) is 2.50. The molecular formula is C18H18N2O5. The summed E-state index contributed by atoms with van der Waals surface area (Å²) >= 11 is 0. The zero-order valence-corrected chi connectivity index (χ0v) is 13.7. The molecule has 0 atom stereocenters. The second-order valence-electron chi connectivity index (χ2n) is 5.55. The number of nitrogens with zero attached hydrogens (tertiary/aromatic N) is 2. The van der Waals surface area contributed by atoms with Crippen molar-refractivity contribution in [1.82, 2.24) is 0 Å². The molecule has 7 nitrogen and oxygen atoms in total. The molecule has 0 heterocycles. The van der Waals surface area contributed by atoms with Gasteiger partial charge in [0.2, 0.25) is 12.5 Å². The maximum absolute atomic E-state index is 12.2. The summed E-state index contributed by atoms with van der Waals surface area (Å²) < 4.78 is 0. The Morgan fingerprint density at radius 3 is 2.40 bits per heavy atom. The van der Waals surface area contributed by atoms with Crippen molar-refractivity contribution in [2.75, 3.05) is 11.4 Å². The van der Waals surface area contributed by atoms with Crippen LogP contribution in [0.15, 0.2) is 48.5 Å². The number of carbonyl (C=O) groups excluding carboxylic acids is 1. The van der Waals surface area contributed by atoms with Gasteiger partial charge in [-0.15, -0.1) is 0 Å². The molecule has 0 aliphatic heterocycles. The average molecular weight is 342 g/mol. The normalized spacial score (nSPS) is 10.3. The van der Waals surface area contributed by atoms with Crippen molar-refractivity contribution in [3.05, 3.63) is 75.3 Å². The highest BCUT2D eigenvalue weighted by molar-refractivity contribution is 5.95. The number of hydrogen-bond donors (Lipinski definition) is 1. The number of benzene rings is 2. The maximum atomic E-state index is 12.2. The van der Waals surface area contributed by atoms with Crippen LogP contribution < -0.4 is 4.90 Å². The van der Waals surface area contributed by atoms with Gasteiger partial charge in [0.25, 0.3) is 0 Å². The molecule has 25 heavy (non-hydrogen) atoms. The quantitative estimate of drug-likeness (QED) is 0.616. The number of amides is 1. The molecule has 2 aromatic rings. The van der Waals surface area contributed by atoms with E-state index in [4.69, 9.17) is 0 Å². The van der Waals surface area contributed by atoms with Gasteiger partial charge in [0.15, 0.2) is 0 Å². The fourth-order valence-corrected chi connectivity index (χ4v) is 2.50. The lowest BCUT2D eigenvalue weighted by molar-refractivity contribution is -0.479. The Morgan fingerprint density at radius 2 is 1.84 bits per heavy atom. The van der Waals surface area contributed by atoms with Gasteiger partial charge in [-0.25, -0.2) is 4.79 Å². The summed E-state index contributed by atoms with van der Waals surface area (Å²) in [6.07, 6.45) is 0.112. The Morgan fingerprint density at radius 1 is 1.16 bits per heavy atom. The van der Waals surface area contributed by atoms with Crippen LogP contribution in [0.4, 0.5) is 5.69 Å². The zero-order chi connectivity index (χ0) is 18.4. The molecular weight excluding hydrogens is 324 g/mol. The number of nitro groups is 1. The van der Waals surface area contributed by atoms with E-state index in [0.717, 1.165) is 5.56 Å². The van der Waals surface area contributed by atoms with E-state index in [0.29, 0.717) is 11.3 Å². The lowest BCUT2D eigenvalue weighted by Gasteiger charge is -2.24. The minimum atomic E-state index is -1.12. The molecule has 0 radical (unpaired) electrons. The summed E-state index contributed by atoms with van der Waals surface area (Å²) in [6, 6.07) is 13.6. The molecule has 130 valence electrons. The van der Waals surface area contributed by atoms with Gasteiger partial charge in [-0.3, -0.25) is 14.9 Å². The molecule has 0 aliphatic carbocycles. The van der Waals surface area contributed by atoms with Crippen LogP contribution in [-0.2, 0) is 17.8 Å². The molecule has 0 aromatic heterocycles. The maximum Gasteiger partial charge on any atom is 0.335 e. The van der Waals surface area contributed by atoms with Crippen molar-refractivity contribution >= 4 is 17.6 Å². The zero-order valence-electron chi connectivity index (χ0n) is 13.7. The van der Waals surface area contributed by atoms with Crippen LogP contribution in [0, 0.1) is 10.1 Å². The molecule has 1 amide bonds. The first kappa shape index (κ1) is 18.1. The van der Waals surface area contributed by atoms with Crippen molar-refractivity contribution in [3.63, 3.8) is 0 Å². The van der Waals surface area contributed by atoms with Gasteiger partial charge in [-0.1, -0.05) is 36.4 Å². The van der Waals surface area contributed by atoms with Gasteiger partial charge in [0, 0.05) is 24.0 Å². The molecule has 0 saturated carbocycles. The van der Waals surface area contributed by atoms with Crippen molar-refractivity contribution in [1.29, 1.82) is 0 Å². The second kappa shape index (κ2) is 8.05. The van der Waals surface area contributed by atoms with E-state index in [9.17, 15) is 24.8 Å². The molecule has 2 rings (SSSR count). The van der Waals surface area contributed by atoms with Crippen LogP contribution in [0.1, 0.15) is 28.4 Å². The van der Waals surface area contributed by atoms with Crippen LogP contribution in [0.25, 0.3) is 0 Å². The molecule has 0 spiro atoms. The third kappa shape index (κ3) is 4.87. The monoisotopic (exact) mass is 342 g/mol. The van der Waals surface area contributed by atoms with Gasteiger partial charge in [0.1, 0.15) is 0 Å². The minimum Gasteiger partial charge on any atom is -0.478 e. The topological polar surface area (TPSA) is 101 Å². The standard InChI is InChI=1S/C18H18N2O5/c1-13(21)19(12-14-5-3-2-4-6-14)17-11-16(18(22)23)8-7-15(17)9-10-20(24)25/h2-8,11H,9-10,12H2,1H3,(H,22,23). The molecule has 7 heteroatoms. The minimum absolute atomic E-state index is 0.0270. The SMILES string of the molecule is CC(=O)N(Cc1ccccc1)c1cc(C(=O)O)ccc1CC[N+](=O)[O-]. The number of carboxylic acids is 1. The summed E-state index contributed by atoms with van der Waals surface area (Å²) in [5.74, 6) is -1.39. The average Bonchev–Trinajstić information content (AvgIpc) is 2.58. The molecule has 1 N–H and O–H groups in total. The lowest BCUT2D eigenvalue weighted by Crippen LogP contribution is -2.29. The Hall–Kier alpha value is -3.22. The highest BCUT2D eigenvalue weighted by Crippen LogP contribution is 2.25. The lowest BCUT2D eigenvalue weighted by atomic mass is 10.0. The third-order valence-electron chi connectivity index (χ3n) is 3.75. The molecule has 0 bridgehead atoms. The van der Waals surface area contributed by atoms with E-state index in [2.05, 4.69) is 0 Å². The number of anilines is 1. The summed E-state index contributed by atoms with van der Waals surface area (Å²) in [6.45, 7) is 1.34. The molecule has 0 saturated heterocycles. The third-order valence-corrected chi connectivity index (χ3v) is 3.75. The Bertz CT molecular complexity index is 789. The fraction of sp³-hybridized carbons (Fsp3) is 0.222. The van der Waals surface area contributed by atoms with Crippen molar-refractivity contribution in [2.24, 2.45) is 0 Å². The van der Waals surface area contributed by atoms with Crippen molar-refractivity contribution < 1.29 is 19.6 Å². The van der Waals surface area contributed by atoms with Crippen LogP contribution in [0.5, 0.6) is 0 Å². The predicted molar refractivity (Wildman–Crippen MR) is 92.3 cm³/mol. The molecule has 2 aromatic carbocycles. The van der Waals surface area contributed by atoms with E-state index in [1.165, 1.54) is 30.0 Å². The number of carboxylic acid groups (broad SMARTS) is 1. The van der Waals surface area contributed by atoms with E-state index in [1.807, 2.05) is 30.3 Å². The van der Waals surface area contributed by atoms with Gasteiger partial charge >= 0.3 is 5.97 Å². The van der Waals surface area contributed by atoms with Gasteiger partial charge < -0.3 is 10.0 Å². The van der Waals surface area contributed by atoms with E-state index < -0.39 is 10.9 Å². The van der Waals surface area contributed by atoms with Crippen molar-refractivity contribution in [3.8, 4) is 0 Å². The van der Waals surface area contributed by atoms with E-state index in [-0.39, 0.29) is 31.0 Å². The smallest absolute Gasteiger partial charge is 0.335 e. The first-order valence-corrected chi connectivity index (χ1v) is 7.68. The number of carbonyl (C=O) groups is 2. The van der Waals surface area contributed by atoms with E-state index in [1.54, 1.807) is 0 Å².